The molecule has 0 radical (unpaired) electrons. The van der Waals surface area contributed by atoms with Crippen LogP contribution in [0.25, 0.3) is 0 Å². The molecule has 1 aromatic heterocycles. The van der Waals surface area contributed by atoms with Crippen LogP contribution in [0.4, 0.5) is 5.82 Å². The number of aromatic nitrogens is 2. The van der Waals surface area contributed by atoms with Crippen molar-refractivity contribution in [2.45, 2.75) is 32.4 Å². The minimum Gasteiger partial charge on any atom is -0.390 e. The number of likely N-dealkylation sites (tertiary alicyclic amines) is 1. The molecule has 0 unspecified atom stereocenters. The summed E-state index contributed by atoms with van der Waals surface area (Å²) in [5.74, 6) is 1.70. The fraction of sp³-hybridized carbons (Fsp3) is 0.733. The van der Waals surface area contributed by atoms with Crippen molar-refractivity contribution in [3.63, 3.8) is 0 Å². The molecule has 0 spiro atoms. The average Bonchev–Trinajstić information content (AvgIpc) is 3.03. The van der Waals surface area contributed by atoms with Gasteiger partial charge in [0.05, 0.1) is 11.8 Å². The number of rotatable bonds is 6. The van der Waals surface area contributed by atoms with E-state index >= 15 is 0 Å². The van der Waals surface area contributed by atoms with Crippen molar-refractivity contribution in [2.75, 3.05) is 38.0 Å². The van der Waals surface area contributed by atoms with Gasteiger partial charge >= 0.3 is 0 Å². The van der Waals surface area contributed by atoms with Crippen LogP contribution < -0.4 is 10.6 Å². The Hall–Kier alpha value is -1.60. The van der Waals surface area contributed by atoms with Crippen LogP contribution in [0.15, 0.2) is 6.07 Å². The first-order valence-corrected chi connectivity index (χ1v) is 8.06. The zero-order valence-corrected chi connectivity index (χ0v) is 13.1. The highest BCUT2D eigenvalue weighted by atomic mass is 16.3. The van der Waals surface area contributed by atoms with Crippen LogP contribution in [0.3, 0.4) is 0 Å². The highest BCUT2D eigenvalue weighted by molar-refractivity contribution is 5.78. The van der Waals surface area contributed by atoms with E-state index in [0.29, 0.717) is 25.4 Å². The van der Waals surface area contributed by atoms with Crippen LogP contribution in [0, 0.1) is 12.8 Å². The molecule has 3 N–H and O–H groups in total. The summed E-state index contributed by atoms with van der Waals surface area (Å²) in [6.45, 7) is 6.38. The second kappa shape index (κ2) is 6.66. The molecule has 0 aliphatic carbocycles. The Morgan fingerprint density at radius 2 is 2.45 bits per heavy atom. The van der Waals surface area contributed by atoms with Gasteiger partial charge in [-0.3, -0.25) is 4.79 Å². The van der Waals surface area contributed by atoms with E-state index in [1.807, 2.05) is 11.6 Å². The molecular formula is C15H25N5O2. The maximum absolute atomic E-state index is 11.5. The molecule has 7 heteroatoms. The molecule has 1 saturated heterocycles. The van der Waals surface area contributed by atoms with Crippen molar-refractivity contribution in [1.82, 2.24) is 20.0 Å². The Morgan fingerprint density at radius 3 is 3.23 bits per heavy atom. The van der Waals surface area contributed by atoms with Gasteiger partial charge in [-0.25, -0.2) is 4.68 Å². The van der Waals surface area contributed by atoms with E-state index in [0.717, 1.165) is 44.1 Å². The first-order chi connectivity index (χ1) is 10.6. The number of fused-ring (bicyclic) bond motifs is 1. The first-order valence-electron chi connectivity index (χ1n) is 8.06. The molecule has 2 atom stereocenters. The van der Waals surface area contributed by atoms with E-state index in [4.69, 9.17) is 0 Å². The molecule has 1 amide bonds. The van der Waals surface area contributed by atoms with E-state index in [1.165, 1.54) is 0 Å². The topological polar surface area (TPSA) is 82.4 Å². The molecule has 2 aliphatic heterocycles. The molecule has 1 fully saturated rings. The van der Waals surface area contributed by atoms with Crippen LogP contribution >= 0.6 is 0 Å². The summed E-state index contributed by atoms with van der Waals surface area (Å²) in [5.41, 5.74) is 1.03. The number of amides is 1. The number of aliphatic hydroxyl groups is 1. The quantitative estimate of drug-likeness (QED) is 0.678. The molecule has 122 valence electrons. The van der Waals surface area contributed by atoms with E-state index in [9.17, 15) is 9.90 Å². The molecule has 0 saturated carbocycles. The average molecular weight is 307 g/mol. The van der Waals surface area contributed by atoms with Crippen LogP contribution in [0.1, 0.15) is 18.5 Å². The second-order valence-corrected chi connectivity index (χ2v) is 6.36. The molecule has 7 nitrogen and oxygen atoms in total. The molecule has 3 rings (SSSR count). The molecule has 22 heavy (non-hydrogen) atoms. The third kappa shape index (κ3) is 3.59. The van der Waals surface area contributed by atoms with Crippen molar-refractivity contribution in [3.8, 4) is 0 Å². The number of anilines is 1. The Bertz CT molecular complexity index is 530. The van der Waals surface area contributed by atoms with Crippen LogP contribution in [-0.2, 0) is 11.3 Å². The lowest BCUT2D eigenvalue weighted by Gasteiger charge is -2.26. The number of aliphatic hydroxyl groups excluding tert-OH is 1. The van der Waals surface area contributed by atoms with Gasteiger partial charge in [-0.05, 0) is 13.3 Å². The van der Waals surface area contributed by atoms with E-state index in [1.54, 1.807) is 4.90 Å². The fourth-order valence-corrected chi connectivity index (χ4v) is 3.19. The van der Waals surface area contributed by atoms with Gasteiger partial charge in [0.25, 0.3) is 0 Å². The predicted octanol–water partition coefficient (Wildman–Crippen LogP) is -0.194. The summed E-state index contributed by atoms with van der Waals surface area (Å²) in [6, 6.07) is 2.06. The van der Waals surface area contributed by atoms with Gasteiger partial charge in [0, 0.05) is 57.7 Å². The van der Waals surface area contributed by atoms with Gasteiger partial charge in [-0.15, -0.1) is 0 Å². The maximum atomic E-state index is 11.5. The zero-order chi connectivity index (χ0) is 15.5. The third-order valence-corrected chi connectivity index (χ3v) is 4.32. The van der Waals surface area contributed by atoms with Gasteiger partial charge < -0.3 is 20.6 Å². The lowest BCUT2D eigenvalue weighted by molar-refractivity contribution is -0.128. The number of nitrogens with zero attached hydrogens (tertiary/aromatic N) is 3. The molecule has 0 aromatic carbocycles. The molecule has 1 aromatic rings. The van der Waals surface area contributed by atoms with Crippen molar-refractivity contribution in [3.05, 3.63) is 11.8 Å². The standard InChI is InChI=1S/C15H25N5O2/c1-11-5-14-17-7-12(9-20(14)18-11)6-16-8-13(21)10-19-4-2-3-15(19)22/h5,12-13,16-17,21H,2-4,6-10H2,1H3/t12-,13+/m0/s1. The number of aryl methyl sites for hydroxylation is 1. The largest absolute Gasteiger partial charge is 0.390 e. The van der Waals surface area contributed by atoms with E-state index < -0.39 is 6.10 Å². The second-order valence-electron chi connectivity index (χ2n) is 6.36. The summed E-state index contributed by atoms with van der Waals surface area (Å²) in [6.07, 6.45) is 1.04. The van der Waals surface area contributed by atoms with Gasteiger partial charge in [0.2, 0.25) is 5.91 Å². The van der Waals surface area contributed by atoms with Crippen molar-refractivity contribution in [1.29, 1.82) is 0 Å². The van der Waals surface area contributed by atoms with Crippen LogP contribution in [0.5, 0.6) is 0 Å². The van der Waals surface area contributed by atoms with Gasteiger partial charge in [-0.1, -0.05) is 0 Å². The van der Waals surface area contributed by atoms with Crippen molar-refractivity contribution < 1.29 is 9.90 Å². The summed E-state index contributed by atoms with van der Waals surface area (Å²) < 4.78 is 2.00. The Labute approximate surface area is 130 Å². The minimum absolute atomic E-state index is 0.164. The van der Waals surface area contributed by atoms with Gasteiger partial charge in [0.15, 0.2) is 0 Å². The number of carbonyl (C=O) groups is 1. The van der Waals surface area contributed by atoms with Crippen LogP contribution in [0.2, 0.25) is 0 Å². The first kappa shape index (κ1) is 15.3. The molecule has 2 aliphatic rings. The predicted molar refractivity (Wildman–Crippen MR) is 83.6 cm³/mol. The fourth-order valence-electron chi connectivity index (χ4n) is 3.19. The van der Waals surface area contributed by atoms with Gasteiger partial charge in [0.1, 0.15) is 5.82 Å². The monoisotopic (exact) mass is 307 g/mol. The maximum Gasteiger partial charge on any atom is 0.222 e. The lowest BCUT2D eigenvalue weighted by atomic mass is 10.1. The third-order valence-electron chi connectivity index (χ3n) is 4.32. The smallest absolute Gasteiger partial charge is 0.222 e. The number of hydrogen-bond acceptors (Lipinski definition) is 5. The SMILES string of the molecule is Cc1cc2n(n1)C[C@@H](CNC[C@@H](O)CN1CCCC1=O)CN2. The van der Waals surface area contributed by atoms with E-state index in [-0.39, 0.29) is 5.91 Å². The zero-order valence-electron chi connectivity index (χ0n) is 13.1. The summed E-state index contributed by atoms with van der Waals surface area (Å²) in [4.78, 5) is 13.3. The highest BCUT2D eigenvalue weighted by Gasteiger charge is 2.23. The number of nitrogens with one attached hydrogen (secondary N) is 2. The summed E-state index contributed by atoms with van der Waals surface area (Å²) >= 11 is 0. The van der Waals surface area contributed by atoms with Crippen LogP contribution in [-0.4, -0.2) is 64.5 Å². The van der Waals surface area contributed by atoms with Crippen molar-refractivity contribution in [2.24, 2.45) is 5.92 Å². The highest BCUT2D eigenvalue weighted by Crippen LogP contribution is 2.17. The molecular weight excluding hydrogens is 282 g/mol. The Kier molecular flexibility index (Phi) is 4.63. The summed E-state index contributed by atoms with van der Waals surface area (Å²) in [7, 11) is 0. The summed E-state index contributed by atoms with van der Waals surface area (Å²) in [5, 5.41) is 21.2. The Balaban J connectivity index is 1.37. The Morgan fingerprint density at radius 1 is 1.59 bits per heavy atom. The number of carbonyl (C=O) groups excluding carboxylic acids is 1. The number of hydrogen-bond donors (Lipinski definition) is 3. The minimum atomic E-state index is -0.499. The number of β-amino-alcohol motifs (C(OH)–C–C–N with tert-alkyl or cyclic N) is 1. The molecule has 0 bridgehead atoms. The van der Waals surface area contributed by atoms with E-state index in [2.05, 4.69) is 21.8 Å². The van der Waals surface area contributed by atoms with Gasteiger partial charge in [-0.2, -0.15) is 5.10 Å². The normalized spacial score (nSPS) is 22.5. The van der Waals surface area contributed by atoms with Crippen molar-refractivity contribution >= 4 is 11.7 Å². The lowest BCUT2D eigenvalue weighted by Crippen LogP contribution is -2.42. The molecule has 3 heterocycles.